The van der Waals surface area contributed by atoms with E-state index in [1.165, 1.54) is 0 Å². The van der Waals surface area contributed by atoms with Gasteiger partial charge in [0, 0.05) is 28.3 Å². The lowest BCUT2D eigenvalue weighted by molar-refractivity contribution is -0.140. The lowest BCUT2D eigenvalue weighted by Gasteiger charge is -2.19. The summed E-state index contributed by atoms with van der Waals surface area (Å²) in [5.41, 5.74) is 0.850. The quantitative estimate of drug-likeness (QED) is 0.758. The summed E-state index contributed by atoms with van der Waals surface area (Å²) < 4.78 is 11.9. The number of halogens is 2. The predicted octanol–water partition coefficient (Wildman–Crippen LogP) is 4.17. The Labute approximate surface area is 104 Å². The smallest absolute Gasteiger partial charge is 0.186 e. The lowest BCUT2D eigenvalue weighted by Crippen LogP contribution is -2.10. The van der Waals surface area contributed by atoms with Gasteiger partial charge in [0.2, 0.25) is 0 Å². The molecule has 15 heavy (non-hydrogen) atoms. The molecule has 84 valence electrons. The van der Waals surface area contributed by atoms with Crippen LogP contribution in [0.5, 0.6) is 0 Å². The maximum Gasteiger partial charge on any atom is 0.186 e. The maximum atomic E-state index is 6.11. The van der Waals surface area contributed by atoms with Crippen LogP contribution in [-0.4, -0.2) is 13.2 Å². The van der Waals surface area contributed by atoms with Crippen LogP contribution >= 0.6 is 27.5 Å². The molecule has 0 radical (unpaired) electrons. The first-order valence-corrected chi connectivity index (χ1v) is 6.04. The average Bonchev–Trinajstić information content (AvgIpc) is 2.18. The SMILES string of the molecule is CCOC(OCC)c1c(Cl)cccc1Br. The molecule has 1 rings (SSSR count). The second-order valence-electron chi connectivity index (χ2n) is 2.88. The summed E-state index contributed by atoms with van der Waals surface area (Å²) in [7, 11) is 0. The second kappa shape index (κ2) is 6.48. The van der Waals surface area contributed by atoms with Crippen LogP contribution in [0, 0.1) is 0 Å². The van der Waals surface area contributed by atoms with Gasteiger partial charge in [0.1, 0.15) is 0 Å². The molecule has 0 amide bonds. The Morgan fingerprint density at radius 1 is 1.27 bits per heavy atom. The molecule has 0 heterocycles. The van der Waals surface area contributed by atoms with E-state index in [-0.39, 0.29) is 0 Å². The van der Waals surface area contributed by atoms with Crippen molar-refractivity contribution in [3.05, 3.63) is 33.3 Å². The van der Waals surface area contributed by atoms with Crippen molar-refractivity contribution in [2.75, 3.05) is 13.2 Å². The topological polar surface area (TPSA) is 18.5 Å². The molecular weight excluding hydrogens is 279 g/mol. The Balaban J connectivity index is 2.98. The van der Waals surface area contributed by atoms with E-state index in [1.54, 1.807) is 0 Å². The first kappa shape index (κ1) is 13.0. The number of ether oxygens (including phenoxy) is 2. The number of rotatable bonds is 5. The van der Waals surface area contributed by atoms with Crippen molar-refractivity contribution < 1.29 is 9.47 Å². The van der Waals surface area contributed by atoms with Gasteiger partial charge >= 0.3 is 0 Å². The van der Waals surface area contributed by atoms with Crippen LogP contribution in [-0.2, 0) is 9.47 Å². The van der Waals surface area contributed by atoms with Crippen LogP contribution in [0.2, 0.25) is 5.02 Å². The van der Waals surface area contributed by atoms with Gasteiger partial charge in [-0.1, -0.05) is 33.6 Å². The molecule has 0 saturated carbocycles. The first-order valence-electron chi connectivity index (χ1n) is 4.87. The second-order valence-corrected chi connectivity index (χ2v) is 4.14. The summed E-state index contributed by atoms with van der Waals surface area (Å²) in [6, 6.07) is 5.63. The monoisotopic (exact) mass is 292 g/mol. The minimum atomic E-state index is -0.400. The highest BCUT2D eigenvalue weighted by molar-refractivity contribution is 9.10. The van der Waals surface area contributed by atoms with Crippen molar-refractivity contribution in [1.82, 2.24) is 0 Å². The third-order valence-corrected chi connectivity index (χ3v) is 2.89. The Bertz CT molecular complexity index is 291. The van der Waals surface area contributed by atoms with Crippen molar-refractivity contribution in [3.63, 3.8) is 0 Å². The summed E-state index contributed by atoms with van der Waals surface area (Å²) in [6.07, 6.45) is -0.400. The van der Waals surface area contributed by atoms with E-state index < -0.39 is 6.29 Å². The van der Waals surface area contributed by atoms with Crippen LogP contribution in [0.3, 0.4) is 0 Å². The standard InChI is InChI=1S/C11H14BrClO2/c1-3-14-11(15-4-2)10-8(12)6-5-7-9(10)13/h5-7,11H,3-4H2,1-2H3. The highest BCUT2D eigenvalue weighted by atomic mass is 79.9. The molecule has 0 saturated heterocycles. The van der Waals surface area contributed by atoms with Crippen LogP contribution in [0.1, 0.15) is 25.7 Å². The Hall–Kier alpha value is -0.0900. The third-order valence-electron chi connectivity index (χ3n) is 1.87. The molecule has 0 unspecified atom stereocenters. The molecule has 0 aromatic heterocycles. The van der Waals surface area contributed by atoms with Gasteiger partial charge < -0.3 is 9.47 Å². The maximum absolute atomic E-state index is 6.11. The van der Waals surface area contributed by atoms with E-state index >= 15 is 0 Å². The molecule has 0 N–H and O–H groups in total. The normalized spacial score (nSPS) is 11.0. The lowest BCUT2D eigenvalue weighted by atomic mass is 10.2. The highest BCUT2D eigenvalue weighted by Crippen LogP contribution is 2.33. The Kier molecular flexibility index (Phi) is 5.61. The molecular formula is C11H14BrClO2. The number of hydrogen-bond donors (Lipinski definition) is 0. The average molecular weight is 294 g/mol. The van der Waals surface area contributed by atoms with Crippen LogP contribution in [0.25, 0.3) is 0 Å². The molecule has 2 nitrogen and oxygen atoms in total. The molecule has 0 atom stereocenters. The fourth-order valence-electron chi connectivity index (χ4n) is 1.25. The van der Waals surface area contributed by atoms with Crippen LogP contribution in [0.15, 0.2) is 22.7 Å². The molecule has 0 aliphatic heterocycles. The van der Waals surface area contributed by atoms with Gasteiger partial charge in [0.05, 0.1) is 0 Å². The van der Waals surface area contributed by atoms with E-state index in [1.807, 2.05) is 32.0 Å². The summed E-state index contributed by atoms with van der Waals surface area (Å²) in [4.78, 5) is 0. The Morgan fingerprint density at radius 3 is 2.33 bits per heavy atom. The summed E-state index contributed by atoms with van der Waals surface area (Å²) in [6.45, 7) is 5.03. The van der Waals surface area contributed by atoms with Gasteiger partial charge in [-0.05, 0) is 26.0 Å². The van der Waals surface area contributed by atoms with E-state index in [2.05, 4.69) is 15.9 Å². The van der Waals surface area contributed by atoms with Crippen molar-refractivity contribution >= 4 is 27.5 Å². The number of hydrogen-bond acceptors (Lipinski definition) is 2. The van der Waals surface area contributed by atoms with Gasteiger partial charge in [0.25, 0.3) is 0 Å². The highest BCUT2D eigenvalue weighted by Gasteiger charge is 2.17. The summed E-state index contributed by atoms with van der Waals surface area (Å²) in [5, 5.41) is 0.649. The molecule has 1 aromatic carbocycles. The van der Waals surface area contributed by atoms with Gasteiger partial charge in [-0.25, -0.2) is 0 Å². The Morgan fingerprint density at radius 2 is 1.87 bits per heavy atom. The molecule has 0 bridgehead atoms. The third kappa shape index (κ3) is 3.45. The molecule has 0 aliphatic rings. The first-order chi connectivity index (χ1) is 7.20. The van der Waals surface area contributed by atoms with E-state index in [0.29, 0.717) is 18.2 Å². The fourth-order valence-corrected chi connectivity index (χ4v) is 2.18. The van der Waals surface area contributed by atoms with Gasteiger partial charge in [-0.2, -0.15) is 0 Å². The summed E-state index contributed by atoms with van der Waals surface area (Å²) in [5.74, 6) is 0. The van der Waals surface area contributed by atoms with Gasteiger partial charge in [-0.15, -0.1) is 0 Å². The zero-order valence-electron chi connectivity index (χ0n) is 8.80. The zero-order valence-corrected chi connectivity index (χ0v) is 11.1. The number of benzene rings is 1. The largest absolute Gasteiger partial charge is 0.349 e. The minimum Gasteiger partial charge on any atom is -0.349 e. The van der Waals surface area contributed by atoms with E-state index in [0.717, 1.165) is 10.0 Å². The fraction of sp³-hybridized carbons (Fsp3) is 0.455. The van der Waals surface area contributed by atoms with Crippen molar-refractivity contribution in [3.8, 4) is 0 Å². The van der Waals surface area contributed by atoms with Crippen molar-refractivity contribution in [2.45, 2.75) is 20.1 Å². The van der Waals surface area contributed by atoms with Crippen molar-refractivity contribution in [2.24, 2.45) is 0 Å². The summed E-state index contributed by atoms with van der Waals surface area (Å²) >= 11 is 9.55. The van der Waals surface area contributed by atoms with Crippen LogP contribution in [0.4, 0.5) is 0 Å². The van der Waals surface area contributed by atoms with Crippen molar-refractivity contribution in [1.29, 1.82) is 0 Å². The van der Waals surface area contributed by atoms with Gasteiger partial charge in [-0.3, -0.25) is 0 Å². The van der Waals surface area contributed by atoms with Crippen LogP contribution < -0.4 is 0 Å². The predicted molar refractivity (Wildman–Crippen MR) is 65.1 cm³/mol. The molecule has 4 heteroatoms. The van der Waals surface area contributed by atoms with Gasteiger partial charge in [0.15, 0.2) is 6.29 Å². The molecule has 0 fully saturated rings. The molecule has 0 spiro atoms. The van der Waals surface area contributed by atoms with E-state index in [9.17, 15) is 0 Å². The van der Waals surface area contributed by atoms with E-state index in [4.69, 9.17) is 21.1 Å². The zero-order chi connectivity index (χ0) is 11.3. The minimum absolute atomic E-state index is 0.400. The molecule has 0 aliphatic carbocycles. The molecule has 1 aromatic rings.